The molecule has 0 aromatic heterocycles. The Kier molecular flexibility index (Phi) is 3.50. The number of nitrogen functional groups attached to an aromatic ring is 1. The molecule has 7 heteroatoms. The van der Waals surface area contributed by atoms with Gasteiger partial charge in [-0.2, -0.15) is 0 Å². The van der Waals surface area contributed by atoms with Crippen molar-refractivity contribution in [1.29, 1.82) is 0 Å². The molecular weight excluding hydrogens is 272 g/mol. The molecule has 0 bridgehead atoms. The van der Waals surface area contributed by atoms with Gasteiger partial charge >= 0.3 is 0 Å². The van der Waals surface area contributed by atoms with Crippen LogP contribution in [0.25, 0.3) is 0 Å². The Morgan fingerprint density at radius 3 is 2.57 bits per heavy atom. The number of carbonyl (C=O) groups excluding carboxylic acids is 1. The van der Waals surface area contributed by atoms with Crippen molar-refractivity contribution in [3.8, 4) is 0 Å². The SMILES string of the molecule is NNc1c(C(=O)N2CC3CCCC3C2)cccc1[N+](=O)[O-]. The zero-order valence-electron chi connectivity index (χ0n) is 11.6. The highest BCUT2D eigenvalue weighted by Crippen LogP contribution is 2.39. The highest BCUT2D eigenvalue weighted by atomic mass is 16.6. The molecule has 1 heterocycles. The molecule has 0 spiro atoms. The molecule has 3 rings (SSSR count). The first kappa shape index (κ1) is 13.8. The second kappa shape index (κ2) is 5.33. The lowest BCUT2D eigenvalue weighted by atomic mass is 10.0. The lowest BCUT2D eigenvalue weighted by molar-refractivity contribution is -0.384. The van der Waals surface area contributed by atoms with Crippen molar-refractivity contribution in [3.63, 3.8) is 0 Å². The van der Waals surface area contributed by atoms with E-state index >= 15 is 0 Å². The topological polar surface area (TPSA) is 102 Å². The summed E-state index contributed by atoms with van der Waals surface area (Å²) >= 11 is 0. The van der Waals surface area contributed by atoms with Gasteiger partial charge in [0, 0.05) is 19.2 Å². The predicted octanol–water partition coefficient (Wildman–Crippen LogP) is 1.75. The third kappa shape index (κ3) is 2.33. The van der Waals surface area contributed by atoms with E-state index in [1.165, 1.54) is 31.4 Å². The molecule has 1 aliphatic heterocycles. The minimum atomic E-state index is -0.537. The molecular formula is C14H18N4O3. The summed E-state index contributed by atoms with van der Waals surface area (Å²) in [5.41, 5.74) is 2.49. The zero-order chi connectivity index (χ0) is 15.0. The van der Waals surface area contributed by atoms with E-state index in [9.17, 15) is 14.9 Å². The van der Waals surface area contributed by atoms with Gasteiger partial charge in [-0.3, -0.25) is 20.8 Å². The van der Waals surface area contributed by atoms with Gasteiger partial charge in [-0.15, -0.1) is 0 Å². The van der Waals surface area contributed by atoms with Crippen molar-refractivity contribution in [1.82, 2.24) is 4.90 Å². The molecule has 7 nitrogen and oxygen atoms in total. The molecule has 2 fully saturated rings. The summed E-state index contributed by atoms with van der Waals surface area (Å²) in [6.45, 7) is 1.49. The van der Waals surface area contributed by atoms with Crippen LogP contribution in [0.1, 0.15) is 29.6 Å². The number of nitro groups is 1. The van der Waals surface area contributed by atoms with Crippen LogP contribution in [0.4, 0.5) is 11.4 Å². The van der Waals surface area contributed by atoms with Gasteiger partial charge in [0.2, 0.25) is 0 Å². The van der Waals surface area contributed by atoms with Gasteiger partial charge in [0.25, 0.3) is 11.6 Å². The van der Waals surface area contributed by atoms with Gasteiger partial charge in [0.15, 0.2) is 0 Å². The molecule has 1 aromatic rings. The maximum Gasteiger partial charge on any atom is 0.294 e. The number of nitrogens with zero attached hydrogens (tertiary/aromatic N) is 2. The normalized spacial score (nSPS) is 24.0. The van der Waals surface area contributed by atoms with Gasteiger partial charge in [-0.25, -0.2) is 0 Å². The van der Waals surface area contributed by atoms with E-state index in [1.54, 1.807) is 11.0 Å². The van der Waals surface area contributed by atoms with Gasteiger partial charge < -0.3 is 10.3 Å². The largest absolute Gasteiger partial charge is 0.338 e. The number of hydrogen-bond acceptors (Lipinski definition) is 5. The van der Waals surface area contributed by atoms with Crippen molar-refractivity contribution in [3.05, 3.63) is 33.9 Å². The summed E-state index contributed by atoms with van der Waals surface area (Å²) < 4.78 is 0. The van der Waals surface area contributed by atoms with E-state index in [1.807, 2.05) is 0 Å². The Balaban J connectivity index is 1.88. The molecule has 3 N–H and O–H groups in total. The predicted molar refractivity (Wildman–Crippen MR) is 77.6 cm³/mol. The summed E-state index contributed by atoms with van der Waals surface area (Å²) in [6, 6.07) is 4.44. The van der Waals surface area contributed by atoms with Crippen LogP contribution in [0.5, 0.6) is 0 Å². The minimum Gasteiger partial charge on any atom is -0.338 e. The number of rotatable bonds is 3. The number of nitrogens with two attached hydrogens (primary N) is 1. The van der Waals surface area contributed by atoms with Crippen molar-refractivity contribution >= 4 is 17.3 Å². The lowest BCUT2D eigenvalue weighted by Crippen LogP contribution is -2.30. The number of hydrogen-bond donors (Lipinski definition) is 2. The zero-order valence-corrected chi connectivity index (χ0v) is 11.6. The Morgan fingerprint density at radius 2 is 2.00 bits per heavy atom. The molecule has 21 heavy (non-hydrogen) atoms. The van der Waals surface area contributed by atoms with Crippen LogP contribution >= 0.6 is 0 Å². The van der Waals surface area contributed by atoms with Crippen molar-refractivity contribution in [2.45, 2.75) is 19.3 Å². The van der Waals surface area contributed by atoms with Crippen molar-refractivity contribution in [2.24, 2.45) is 17.7 Å². The average Bonchev–Trinajstić information content (AvgIpc) is 3.06. The number of benzene rings is 1. The van der Waals surface area contributed by atoms with Gasteiger partial charge in [-0.1, -0.05) is 12.5 Å². The molecule has 1 saturated heterocycles. The van der Waals surface area contributed by atoms with Gasteiger partial charge in [0.05, 0.1) is 10.5 Å². The molecule has 1 saturated carbocycles. The van der Waals surface area contributed by atoms with E-state index in [0.717, 1.165) is 13.1 Å². The number of nitro benzene ring substituents is 1. The second-order valence-corrected chi connectivity index (χ2v) is 5.76. The maximum atomic E-state index is 12.6. The Bertz CT molecular complexity index is 578. The average molecular weight is 290 g/mol. The summed E-state index contributed by atoms with van der Waals surface area (Å²) in [5, 5.41) is 11.0. The molecule has 112 valence electrons. The van der Waals surface area contributed by atoms with Gasteiger partial charge in [0.1, 0.15) is 5.69 Å². The van der Waals surface area contributed by atoms with Crippen LogP contribution in [0, 0.1) is 22.0 Å². The number of likely N-dealkylation sites (tertiary alicyclic amines) is 1. The van der Waals surface area contributed by atoms with Crippen LogP contribution in [-0.4, -0.2) is 28.8 Å². The summed E-state index contributed by atoms with van der Waals surface area (Å²) in [7, 11) is 0. The molecule has 1 aromatic carbocycles. The van der Waals surface area contributed by atoms with Crippen LogP contribution in [0.15, 0.2) is 18.2 Å². The molecule has 0 radical (unpaired) electrons. The molecule has 1 aliphatic carbocycles. The highest BCUT2D eigenvalue weighted by Gasteiger charge is 2.39. The van der Waals surface area contributed by atoms with E-state index in [2.05, 4.69) is 5.43 Å². The van der Waals surface area contributed by atoms with E-state index in [-0.39, 0.29) is 22.8 Å². The van der Waals surface area contributed by atoms with E-state index < -0.39 is 4.92 Å². The van der Waals surface area contributed by atoms with Crippen molar-refractivity contribution in [2.75, 3.05) is 18.5 Å². The van der Waals surface area contributed by atoms with Crippen LogP contribution in [0.2, 0.25) is 0 Å². The number of anilines is 1. The summed E-state index contributed by atoms with van der Waals surface area (Å²) in [5.74, 6) is 6.38. The molecule has 2 atom stereocenters. The molecule has 2 aliphatic rings. The summed E-state index contributed by atoms with van der Waals surface area (Å²) in [4.78, 5) is 24.9. The van der Waals surface area contributed by atoms with Crippen LogP contribution < -0.4 is 11.3 Å². The van der Waals surface area contributed by atoms with Crippen LogP contribution in [-0.2, 0) is 0 Å². The third-order valence-electron chi connectivity index (χ3n) is 4.63. The smallest absolute Gasteiger partial charge is 0.294 e. The standard InChI is InChI=1S/C14H18N4O3/c15-16-13-11(5-2-6-12(13)18(20)21)14(19)17-7-9-3-1-4-10(9)8-17/h2,5-6,9-10,16H,1,3-4,7-8,15H2. The number of carbonyl (C=O) groups is 1. The van der Waals surface area contributed by atoms with Crippen LogP contribution in [0.3, 0.4) is 0 Å². The van der Waals surface area contributed by atoms with E-state index in [4.69, 9.17) is 5.84 Å². The first-order valence-electron chi connectivity index (χ1n) is 7.15. The number of nitrogens with one attached hydrogen (secondary N) is 1. The fourth-order valence-electron chi connectivity index (χ4n) is 3.59. The number of hydrazine groups is 1. The van der Waals surface area contributed by atoms with Crippen molar-refractivity contribution < 1.29 is 9.72 Å². The van der Waals surface area contributed by atoms with E-state index in [0.29, 0.717) is 11.8 Å². The Morgan fingerprint density at radius 1 is 1.33 bits per heavy atom. The second-order valence-electron chi connectivity index (χ2n) is 5.76. The Hall–Kier alpha value is -2.15. The first-order valence-corrected chi connectivity index (χ1v) is 7.15. The fraction of sp³-hybridized carbons (Fsp3) is 0.500. The number of amides is 1. The lowest BCUT2D eigenvalue weighted by Gasteiger charge is -2.19. The fourth-order valence-corrected chi connectivity index (χ4v) is 3.59. The molecule has 2 unspecified atom stereocenters. The monoisotopic (exact) mass is 290 g/mol. The molecule has 1 amide bonds. The highest BCUT2D eigenvalue weighted by molar-refractivity contribution is 6.01. The summed E-state index contributed by atoms with van der Waals surface area (Å²) in [6.07, 6.45) is 3.58. The Labute approximate surface area is 122 Å². The van der Waals surface area contributed by atoms with Gasteiger partial charge in [-0.05, 0) is 30.7 Å². The quantitative estimate of drug-likeness (QED) is 0.501. The maximum absolute atomic E-state index is 12.6. The third-order valence-corrected chi connectivity index (χ3v) is 4.63. The first-order chi connectivity index (χ1) is 10.1. The number of para-hydroxylation sites is 1. The minimum absolute atomic E-state index is 0.0876. The number of fused-ring (bicyclic) bond motifs is 1.